The summed E-state index contributed by atoms with van der Waals surface area (Å²) in [6.45, 7) is -0.0779. The highest BCUT2D eigenvalue weighted by molar-refractivity contribution is 6.32. The number of methoxy groups -OCH3 is 1. The van der Waals surface area contributed by atoms with Crippen LogP contribution < -0.4 is 14.8 Å². The van der Waals surface area contributed by atoms with Crippen molar-refractivity contribution in [1.29, 1.82) is 0 Å². The summed E-state index contributed by atoms with van der Waals surface area (Å²) in [7, 11) is 1.39. The van der Waals surface area contributed by atoms with E-state index in [-0.39, 0.29) is 28.8 Å². The number of benzene rings is 3. The van der Waals surface area contributed by atoms with Gasteiger partial charge in [-0.05, 0) is 42.0 Å². The van der Waals surface area contributed by atoms with Gasteiger partial charge in [0.15, 0.2) is 11.5 Å². The van der Waals surface area contributed by atoms with Gasteiger partial charge in [-0.3, -0.25) is 4.79 Å². The van der Waals surface area contributed by atoms with Crippen LogP contribution in [0, 0.1) is 5.82 Å². The molecule has 0 bridgehead atoms. The number of rotatable bonds is 8. The Morgan fingerprint density at radius 1 is 1.09 bits per heavy atom. The fourth-order valence-corrected chi connectivity index (χ4v) is 3.10. The van der Waals surface area contributed by atoms with Crippen molar-refractivity contribution in [3.63, 3.8) is 0 Å². The van der Waals surface area contributed by atoms with Gasteiger partial charge >= 0.3 is 5.97 Å². The molecule has 0 aliphatic carbocycles. The Bertz CT molecular complexity index is 1160. The highest BCUT2D eigenvalue weighted by Crippen LogP contribution is 2.37. The lowest BCUT2D eigenvalue weighted by atomic mass is 10.1. The van der Waals surface area contributed by atoms with Crippen molar-refractivity contribution in [3.05, 3.63) is 100.0 Å². The first-order valence-electron chi connectivity index (χ1n) is 9.44. The van der Waals surface area contributed by atoms with Crippen LogP contribution in [-0.4, -0.2) is 24.1 Å². The third-order valence-corrected chi connectivity index (χ3v) is 4.69. The van der Waals surface area contributed by atoms with Crippen molar-refractivity contribution in [1.82, 2.24) is 5.32 Å². The Hall–Kier alpha value is -3.84. The second kappa shape index (κ2) is 10.5. The minimum atomic E-state index is -1.33. The van der Waals surface area contributed by atoms with Crippen LogP contribution in [0.4, 0.5) is 4.39 Å². The molecule has 2 N–H and O–H groups in total. The molecule has 8 heteroatoms. The van der Waals surface area contributed by atoms with Gasteiger partial charge < -0.3 is 19.9 Å². The van der Waals surface area contributed by atoms with Gasteiger partial charge in [0.2, 0.25) is 0 Å². The number of amides is 1. The van der Waals surface area contributed by atoms with Crippen molar-refractivity contribution >= 4 is 29.6 Å². The van der Waals surface area contributed by atoms with Crippen LogP contribution >= 0.6 is 11.6 Å². The number of hydrogen-bond donors (Lipinski definition) is 2. The number of halogens is 2. The van der Waals surface area contributed by atoms with Crippen LogP contribution in [0.3, 0.4) is 0 Å². The van der Waals surface area contributed by atoms with Gasteiger partial charge in [-0.1, -0.05) is 48.0 Å². The Labute approximate surface area is 188 Å². The Morgan fingerprint density at radius 3 is 2.44 bits per heavy atom. The number of aliphatic carboxylic acids is 1. The van der Waals surface area contributed by atoms with Crippen molar-refractivity contribution < 1.29 is 28.6 Å². The molecule has 1 amide bonds. The molecule has 0 aliphatic heterocycles. The molecule has 0 fully saturated rings. The molecule has 3 aromatic carbocycles. The summed E-state index contributed by atoms with van der Waals surface area (Å²) in [5.41, 5.74) is 0.659. The van der Waals surface area contributed by atoms with E-state index < -0.39 is 17.7 Å². The molecule has 0 radical (unpaired) electrons. The Kier molecular flexibility index (Phi) is 7.46. The SMILES string of the molecule is COc1cc(C=C(NC(=O)c2ccccc2)C(=O)O)cc(Cl)c1OCc1ccccc1F. The molecule has 0 aliphatic rings. The standard InChI is InChI=1S/C24H19ClFNO5/c1-31-21-13-15(11-18(25)22(21)32-14-17-9-5-6-10-19(17)26)12-20(24(29)30)27-23(28)16-7-3-2-4-8-16/h2-13H,14H2,1H3,(H,27,28)(H,29,30). The minimum Gasteiger partial charge on any atom is -0.493 e. The number of carbonyl (C=O) groups is 2. The molecular weight excluding hydrogens is 437 g/mol. The van der Waals surface area contributed by atoms with E-state index in [1.54, 1.807) is 48.5 Å². The van der Waals surface area contributed by atoms with Gasteiger partial charge in [-0.15, -0.1) is 0 Å². The average Bonchev–Trinajstić information content (AvgIpc) is 2.79. The fraction of sp³-hybridized carbons (Fsp3) is 0.0833. The van der Waals surface area contributed by atoms with E-state index in [1.165, 1.54) is 31.4 Å². The van der Waals surface area contributed by atoms with Crippen LogP contribution in [0.1, 0.15) is 21.5 Å². The first kappa shape index (κ1) is 22.8. The molecule has 0 heterocycles. The lowest BCUT2D eigenvalue weighted by Gasteiger charge is -2.14. The van der Waals surface area contributed by atoms with E-state index >= 15 is 0 Å². The highest BCUT2D eigenvalue weighted by Gasteiger charge is 2.16. The zero-order valence-corrected chi connectivity index (χ0v) is 17.7. The molecule has 0 aromatic heterocycles. The molecule has 3 rings (SSSR count). The number of nitrogens with one attached hydrogen (secondary N) is 1. The minimum absolute atomic E-state index is 0.0779. The number of carboxylic acid groups (broad SMARTS) is 1. The van der Waals surface area contributed by atoms with Crippen molar-refractivity contribution in [2.45, 2.75) is 6.61 Å². The smallest absolute Gasteiger partial charge is 0.352 e. The number of ether oxygens (including phenoxy) is 2. The van der Waals surface area contributed by atoms with E-state index in [1.807, 2.05) is 0 Å². The molecule has 0 saturated carbocycles. The van der Waals surface area contributed by atoms with Crippen molar-refractivity contribution in [2.24, 2.45) is 0 Å². The lowest BCUT2D eigenvalue weighted by molar-refractivity contribution is -0.132. The Balaban J connectivity index is 1.85. The quantitative estimate of drug-likeness (QED) is 0.471. The monoisotopic (exact) mass is 455 g/mol. The van der Waals surface area contributed by atoms with Crippen LogP contribution in [0.25, 0.3) is 6.08 Å². The summed E-state index contributed by atoms with van der Waals surface area (Å²) in [5, 5.41) is 12.0. The van der Waals surface area contributed by atoms with Crippen molar-refractivity contribution in [2.75, 3.05) is 7.11 Å². The maximum absolute atomic E-state index is 13.8. The predicted octanol–water partition coefficient (Wildman–Crippen LogP) is 4.92. The van der Waals surface area contributed by atoms with E-state index in [0.717, 1.165) is 0 Å². The predicted molar refractivity (Wildman–Crippen MR) is 118 cm³/mol. The maximum atomic E-state index is 13.8. The van der Waals surface area contributed by atoms with Gasteiger partial charge in [-0.2, -0.15) is 0 Å². The summed E-state index contributed by atoms with van der Waals surface area (Å²) in [6.07, 6.45) is 1.25. The van der Waals surface area contributed by atoms with Gasteiger partial charge in [-0.25, -0.2) is 9.18 Å². The first-order valence-corrected chi connectivity index (χ1v) is 9.82. The third-order valence-electron chi connectivity index (χ3n) is 4.41. The normalized spacial score (nSPS) is 11.0. The number of carboxylic acids is 1. The average molecular weight is 456 g/mol. The summed E-state index contributed by atoms with van der Waals surface area (Å²) in [4.78, 5) is 24.0. The zero-order valence-electron chi connectivity index (χ0n) is 17.0. The van der Waals surface area contributed by atoms with Gasteiger partial charge in [0, 0.05) is 11.1 Å². The topological polar surface area (TPSA) is 84.9 Å². The second-order valence-corrected chi connectivity index (χ2v) is 7.00. The van der Waals surface area contributed by atoms with Gasteiger partial charge in [0.1, 0.15) is 18.1 Å². The van der Waals surface area contributed by atoms with Gasteiger partial charge in [0.25, 0.3) is 5.91 Å². The largest absolute Gasteiger partial charge is 0.493 e. The molecular formula is C24H19ClFNO5. The van der Waals surface area contributed by atoms with E-state index in [0.29, 0.717) is 16.7 Å². The van der Waals surface area contributed by atoms with Crippen LogP contribution in [0.5, 0.6) is 11.5 Å². The second-order valence-electron chi connectivity index (χ2n) is 6.60. The zero-order chi connectivity index (χ0) is 23.1. The number of hydrogen-bond acceptors (Lipinski definition) is 4. The van der Waals surface area contributed by atoms with Crippen LogP contribution in [-0.2, 0) is 11.4 Å². The molecule has 0 unspecified atom stereocenters. The molecule has 32 heavy (non-hydrogen) atoms. The maximum Gasteiger partial charge on any atom is 0.352 e. The van der Waals surface area contributed by atoms with Crippen LogP contribution in [0.2, 0.25) is 5.02 Å². The number of carbonyl (C=O) groups excluding carboxylic acids is 1. The lowest BCUT2D eigenvalue weighted by Crippen LogP contribution is -2.27. The van der Waals surface area contributed by atoms with Crippen molar-refractivity contribution in [3.8, 4) is 11.5 Å². The molecule has 6 nitrogen and oxygen atoms in total. The summed E-state index contributed by atoms with van der Waals surface area (Å²) < 4.78 is 24.8. The fourth-order valence-electron chi connectivity index (χ4n) is 2.83. The first-order chi connectivity index (χ1) is 15.4. The van der Waals surface area contributed by atoms with E-state index in [4.69, 9.17) is 21.1 Å². The van der Waals surface area contributed by atoms with Crippen LogP contribution in [0.15, 0.2) is 72.4 Å². The Morgan fingerprint density at radius 2 is 1.78 bits per heavy atom. The molecule has 0 spiro atoms. The third kappa shape index (κ3) is 5.65. The summed E-state index contributed by atoms with van der Waals surface area (Å²) >= 11 is 6.32. The van der Waals surface area contributed by atoms with E-state index in [9.17, 15) is 19.1 Å². The molecule has 0 saturated heterocycles. The summed E-state index contributed by atoms with van der Waals surface area (Å²) in [6, 6.07) is 17.3. The molecule has 0 atom stereocenters. The highest BCUT2D eigenvalue weighted by atomic mass is 35.5. The summed E-state index contributed by atoms with van der Waals surface area (Å²) in [5.74, 6) is -1.91. The van der Waals surface area contributed by atoms with E-state index in [2.05, 4.69) is 5.32 Å². The molecule has 3 aromatic rings. The van der Waals surface area contributed by atoms with Gasteiger partial charge in [0.05, 0.1) is 12.1 Å². The molecule has 164 valence electrons.